The topological polar surface area (TPSA) is 88.4 Å². The molecule has 0 radical (unpaired) electrons. The van der Waals surface area contributed by atoms with Crippen LogP contribution < -0.4 is 0 Å². The molecule has 2 rings (SSSR count). The molecule has 6 heteroatoms. The van der Waals surface area contributed by atoms with Crippen molar-refractivity contribution in [1.82, 2.24) is 0 Å². The molecule has 2 aliphatic heterocycles. The van der Waals surface area contributed by atoms with Gasteiger partial charge in [-0.1, -0.05) is 0 Å². The van der Waals surface area contributed by atoms with Gasteiger partial charge in [0.15, 0.2) is 12.1 Å². The molecule has 3 N–H and O–H groups in total. The first-order valence-electron chi connectivity index (χ1n) is 4.93. The van der Waals surface area contributed by atoms with E-state index >= 15 is 0 Å². The van der Waals surface area contributed by atoms with Gasteiger partial charge in [-0.25, -0.2) is 0 Å². The molecule has 2 fully saturated rings. The molecular weight excluding hydrogens is 204 g/mol. The third-order valence-electron chi connectivity index (χ3n) is 2.62. The van der Waals surface area contributed by atoms with E-state index in [1.807, 2.05) is 0 Å². The van der Waals surface area contributed by atoms with E-state index in [2.05, 4.69) is 0 Å². The van der Waals surface area contributed by atoms with Crippen LogP contribution in [0.5, 0.6) is 0 Å². The highest BCUT2D eigenvalue weighted by Crippen LogP contribution is 2.37. The Morgan fingerprint density at radius 1 is 1.33 bits per heavy atom. The van der Waals surface area contributed by atoms with Crippen molar-refractivity contribution in [3.63, 3.8) is 0 Å². The second-order valence-electron chi connectivity index (χ2n) is 4.31. The standard InChI is InChI=1S/C9H16O6/c1-9(2)14-7-5(12)8(15-9)13-6(7)4(11)3-10/h4-8,10-12H,3H2,1-2H3/t4-,5-,6-,7-,8?/m1/s1. The first-order valence-corrected chi connectivity index (χ1v) is 4.93. The van der Waals surface area contributed by atoms with Gasteiger partial charge in [-0.15, -0.1) is 0 Å². The minimum absolute atomic E-state index is 0.440. The Morgan fingerprint density at radius 2 is 2.00 bits per heavy atom. The molecule has 0 spiro atoms. The van der Waals surface area contributed by atoms with Crippen LogP contribution >= 0.6 is 0 Å². The Bertz CT molecular complexity index is 243. The zero-order valence-corrected chi connectivity index (χ0v) is 8.66. The molecule has 2 saturated heterocycles. The van der Waals surface area contributed by atoms with Gasteiger partial charge in [0, 0.05) is 0 Å². The fourth-order valence-electron chi connectivity index (χ4n) is 1.95. The van der Waals surface area contributed by atoms with Gasteiger partial charge in [0.1, 0.15) is 24.4 Å². The normalized spacial score (nSPS) is 45.4. The lowest BCUT2D eigenvalue weighted by Gasteiger charge is -2.37. The molecule has 0 aliphatic carbocycles. The molecule has 5 atom stereocenters. The van der Waals surface area contributed by atoms with Gasteiger partial charge in [0.25, 0.3) is 0 Å². The van der Waals surface area contributed by atoms with E-state index in [0.717, 1.165) is 0 Å². The van der Waals surface area contributed by atoms with Gasteiger partial charge in [-0.05, 0) is 13.8 Å². The van der Waals surface area contributed by atoms with Gasteiger partial charge < -0.3 is 29.5 Å². The summed E-state index contributed by atoms with van der Waals surface area (Å²) >= 11 is 0. The van der Waals surface area contributed by atoms with Crippen molar-refractivity contribution in [2.45, 2.75) is 50.3 Å². The maximum atomic E-state index is 9.69. The van der Waals surface area contributed by atoms with Crippen LogP contribution in [0.3, 0.4) is 0 Å². The van der Waals surface area contributed by atoms with Crippen LogP contribution in [-0.4, -0.2) is 58.4 Å². The quantitative estimate of drug-likeness (QED) is 0.529. The fourth-order valence-corrected chi connectivity index (χ4v) is 1.95. The molecule has 0 aromatic carbocycles. The molecule has 0 aromatic rings. The maximum Gasteiger partial charge on any atom is 0.189 e. The third kappa shape index (κ3) is 1.89. The molecule has 1 unspecified atom stereocenters. The Balaban J connectivity index is 2.14. The van der Waals surface area contributed by atoms with Crippen LogP contribution in [0.1, 0.15) is 13.8 Å². The highest BCUT2D eigenvalue weighted by atomic mass is 16.8. The molecule has 88 valence electrons. The second-order valence-corrected chi connectivity index (χ2v) is 4.31. The minimum Gasteiger partial charge on any atom is -0.394 e. The van der Waals surface area contributed by atoms with E-state index < -0.39 is 43.1 Å². The summed E-state index contributed by atoms with van der Waals surface area (Å²) < 4.78 is 16.0. The summed E-state index contributed by atoms with van der Waals surface area (Å²) in [6, 6.07) is 0. The number of aliphatic hydroxyl groups is 3. The van der Waals surface area contributed by atoms with E-state index in [0.29, 0.717) is 0 Å². The Labute approximate surface area is 87.4 Å². The van der Waals surface area contributed by atoms with Gasteiger partial charge in [-0.2, -0.15) is 0 Å². The van der Waals surface area contributed by atoms with Crippen LogP contribution in [-0.2, 0) is 14.2 Å². The van der Waals surface area contributed by atoms with Gasteiger partial charge >= 0.3 is 0 Å². The van der Waals surface area contributed by atoms with E-state index in [-0.39, 0.29) is 0 Å². The largest absolute Gasteiger partial charge is 0.394 e. The van der Waals surface area contributed by atoms with Crippen molar-refractivity contribution in [3.8, 4) is 0 Å². The SMILES string of the molecule is CC1(C)OC2O[C@H]([C@H](O)CO)[C@H](O1)[C@H]2O. The average Bonchev–Trinajstić information content (AvgIpc) is 2.36. The number of ether oxygens (including phenoxy) is 3. The van der Waals surface area contributed by atoms with Gasteiger partial charge in [-0.3, -0.25) is 0 Å². The summed E-state index contributed by atoms with van der Waals surface area (Å²) in [5, 5.41) is 28.0. The number of aliphatic hydroxyl groups excluding tert-OH is 3. The molecular formula is C9H16O6. The summed E-state index contributed by atoms with van der Waals surface area (Å²) in [5.41, 5.74) is 0. The van der Waals surface area contributed by atoms with Crippen molar-refractivity contribution in [2.75, 3.05) is 6.61 Å². The summed E-state index contributed by atoms with van der Waals surface area (Å²) in [4.78, 5) is 0. The molecule has 2 bridgehead atoms. The average molecular weight is 220 g/mol. The summed E-state index contributed by atoms with van der Waals surface area (Å²) in [5.74, 6) is -0.849. The zero-order chi connectivity index (χ0) is 11.2. The van der Waals surface area contributed by atoms with Crippen molar-refractivity contribution in [2.24, 2.45) is 0 Å². The van der Waals surface area contributed by atoms with E-state index in [4.69, 9.17) is 19.3 Å². The first kappa shape index (κ1) is 11.3. The second kappa shape index (κ2) is 3.65. The molecule has 15 heavy (non-hydrogen) atoms. The van der Waals surface area contributed by atoms with Crippen LogP contribution in [0.15, 0.2) is 0 Å². The molecule has 0 saturated carbocycles. The summed E-state index contributed by atoms with van der Waals surface area (Å²) in [6.07, 6.45) is -4.22. The highest BCUT2D eigenvalue weighted by molar-refractivity contribution is 4.95. The van der Waals surface area contributed by atoms with Gasteiger partial charge in [0.05, 0.1) is 6.61 Å². The zero-order valence-electron chi connectivity index (χ0n) is 8.66. The Hall–Kier alpha value is -0.240. The molecule has 0 aromatic heterocycles. The van der Waals surface area contributed by atoms with E-state index in [9.17, 15) is 10.2 Å². The predicted molar refractivity (Wildman–Crippen MR) is 47.8 cm³/mol. The number of hydrogen-bond donors (Lipinski definition) is 3. The van der Waals surface area contributed by atoms with Gasteiger partial charge in [0.2, 0.25) is 0 Å². The molecule has 2 aliphatic rings. The van der Waals surface area contributed by atoms with Crippen molar-refractivity contribution < 1.29 is 29.5 Å². The van der Waals surface area contributed by atoms with E-state index in [1.165, 1.54) is 0 Å². The molecule has 0 amide bonds. The lowest BCUT2D eigenvalue weighted by molar-refractivity contribution is -0.334. The highest BCUT2D eigenvalue weighted by Gasteiger charge is 2.55. The third-order valence-corrected chi connectivity index (χ3v) is 2.62. The summed E-state index contributed by atoms with van der Waals surface area (Å²) in [7, 11) is 0. The lowest BCUT2D eigenvalue weighted by Crippen LogP contribution is -2.52. The number of fused-ring (bicyclic) bond motifs is 2. The fraction of sp³-hybridized carbons (Fsp3) is 1.00. The molecule has 6 nitrogen and oxygen atoms in total. The van der Waals surface area contributed by atoms with Crippen LogP contribution in [0.4, 0.5) is 0 Å². The monoisotopic (exact) mass is 220 g/mol. The van der Waals surface area contributed by atoms with E-state index in [1.54, 1.807) is 13.8 Å². The first-order chi connectivity index (χ1) is 6.94. The lowest BCUT2D eigenvalue weighted by atomic mass is 10.0. The number of rotatable bonds is 2. The number of hydrogen-bond acceptors (Lipinski definition) is 6. The van der Waals surface area contributed by atoms with Crippen molar-refractivity contribution >= 4 is 0 Å². The maximum absolute atomic E-state index is 9.69. The smallest absolute Gasteiger partial charge is 0.189 e. The van der Waals surface area contributed by atoms with Crippen LogP contribution in [0.2, 0.25) is 0 Å². The van der Waals surface area contributed by atoms with Crippen molar-refractivity contribution in [3.05, 3.63) is 0 Å². The summed E-state index contributed by atoms with van der Waals surface area (Å²) in [6.45, 7) is 2.97. The van der Waals surface area contributed by atoms with Crippen molar-refractivity contribution in [1.29, 1.82) is 0 Å². The Morgan fingerprint density at radius 3 is 2.60 bits per heavy atom. The van der Waals surface area contributed by atoms with Crippen LogP contribution in [0, 0.1) is 0 Å². The van der Waals surface area contributed by atoms with Crippen LogP contribution in [0.25, 0.3) is 0 Å². The predicted octanol–water partition coefficient (Wildman–Crippen LogP) is -1.42. The minimum atomic E-state index is -1.08. The Kier molecular flexibility index (Phi) is 2.74. The molecule has 2 heterocycles.